The van der Waals surface area contributed by atoms with E-state index in [2.05, 4.69) is 28.0 Å². The third kappa shape index (κ3) is 2.88. The van der Waals surface area contributed by atoms with E-state index in [0.717, 1.165) is 28.0 Å². The molecule has 0 aliphatic rings. The Hall–Kier alpha value is -1.29. The molecule has 1 heterocycles. The van der Waals surface area contributed by atoms with Gasteiger partial charge in [-0.2, -0.15) is 5.10 Å². The number of nitrogens with zero attached hydrogens (tertiary/aromatic N) is 2. The van der Waals surface area contributed by atoms with Crippen molar-refractivity contribution in [2.24, 2.45) is 0 Å². The molecule has 0 N–H and O–H groups in total. The van der Waals surface area contributed by atoms with Gasteiger partial charge in [0.2, 0.25) is 5.88 Å². The van der Waals surface area contributed by atoms with Gasteiger partial charge in [0.05, 0.1) is 6.20 Å². The lowest BCUT2D eigenvalue weighted by Gasteiger charge is -2.09. The molecule has 0 fully saturated rings. The highest BCUT2D eigenvalue weighted by Gasteiger charge is 2.07. The number of aryl methyl sites for hydroxylation is 2. The average molecular weight is 295 g/mol. The summed E-state index contributed by atoms with van der Waals surface area (Å²) in [6.07, 6.45) is 1.83. The first-order chi connectivity index (χ1) is 8.20. The average Bonchev–Trinajstić information content (AvgIpc) is 2.69. The fourth-order valence-corrected chi connectivity index (χ4v) is 1.88. The van der Waals surface area contributed by atoms with Crippen LogP contribution in [0.4, 0.5) is 0 Å². The summed E-state index contributed by atoms with van der Waals surface area (Å²) in [5.74, 6) is 0.857. The van der Waals surface area contributed by atoms with Crippen molar-refractivity contribution in [3.63, 3.8) is 0 Å². The number of hydrogen-bond donors (Lipinski definition) is 0. The van der Waals surface area contributed by atoms with Gasteiger partial charge in [-0.05, 0) is 31.5 Å². The largest absolute Gasteiger partial charge is 0.473 e. The lowest BCUT2D eigenvalue weighted by Crippen LogP contribution is -2.04. The van der Waals surface area contributed by atoms with Gasteiger partial charge in [-0.15, -0.1) is 0 Å². The van der Waals surface area contributed by atoms with Crippen molar-refractivity contribution in [2.45, 2.75) is 27.0 Å². The molecule has 0 unspecified atom stereocenters. The molecule has 1 aromatic carbocycles. The molecule has 90 valence electrons. The summed E-state index contributed by atoms with van der Waals surface area (Å²) in [5, 5.41) is 4.24. The maximum absolute atomic E-state index is 5.81. The van der Waals surface area contributed by atoms with Gasteiger partial charge in [0.1, 0.15) is 6.61 Å². The van der Waals surface area contributed by atoms with E-state index >= 15 is 0 Å². The molecule has 4 heteroatoms. The van der Waals surface area contributed by atoms with Crippen LogP contribution >= 0.6 is 15.9 Å². The van der Waals surface area contributed by atoms with Crippen LogP contribution in [-0.2, 0) is 13.2 Å². The molecule has 0 radical (unpaired) electrons. The number of benzene rings is 1. The summed E-state index contributed by atoms with van der Waals surface area (Å²) in [6.45, 7) is 5.46. The van der Waals surface area contributed by atoms with Crippen LogP contribution in [0.1, 0.15) is 18.1 Å². The predicted octanol–water partition coefficient (Wildman–Crippen LogP) is 3.55. The number of ether oxygens (including phenoxy) is 1. The third-order valence-corrected chi connectivity index (χ3v) is 3.08. The van der Waals surface area contributed by atoms with Crippen molar-refractivity contribution in [3.05, 3.63) is 46.1 Å². The molecule has 2 rings (SSSR count). The maximum atomic E-state index is 5.81. The van der Waals surface area contributed by atoms with E-state index in [1.165, 1.54) is 0 Å². The Morgan fingerprint density at radius 3 is 2.65 bits per heavy atom. The molecule has 2 aromatic rings. The molecule has 0 spiro atoms. The Morgan fingerprint density at radius 2 is 2.00 bits per heavy atom. The topological polar surface area (TPSA) is 27.1 Å². The summed E-state index contributed by atoms with van der Waals surface area (Å²) in [4.78, 5) is 0. The van der Waals surface area contributed by atoms with Crippen LogP contribution in [0.5, 0.6) is 5.88 Å². The second-order valence-electron chi connectivity index (χ2n) is 3.86. The fraction of sp³-hybridized carbons (Fsp3) is 0.308. The molecule has 0 aliphatic carbocycles. The zero-order valence-electron chi connectivity index (χ0n) is 9.98. The molecule has 0 atom stereocenters. The summed E-state index contributed by atoms with van der Waals surface area (Å²) in [7, 11) is 0. The van der Waals surface area contributed by atoms with E-state index in [9.17, 15) is 0 Å². The lowest BCUT2D eigenvalue weighted by atomic mass is 10.2. The Bertz CT molecular complexity index is 491. The minimum atomic E-state index is 0.569. The Morgan fingerprint density at radius 1 is 1.29 bits per heavy atom. The smallest absolute Gasteiger partial charge is 0.215 e. The van der Waals surface area contributed by atoms with Crippen LogP contribution < -0.4 is 4.74 Å². The van der Waals surface area contributed by atoms with Crippen LogP contribution in [0.15, 0.2) is 34.9 Å². The molecule has 0 aliphatic heterocycles. The Balaban J connectivity index is 2.06. The van der Waals surface area contributed by atoms with Crippen LogP contribution in [-0.4, -0.2) is 9.78 Å². The molecule has 0 amide bonds. The van der Waals surface area contributed by atoms with Crippen molar-refractivity contribution in [1.82, 2.24) is 9.78 Å². The van der Waals surface area contributed by atoms with E-state index < -0.39 is 0 Å². The van der Waals surface area contributed by atoms with E-state index in [1.807, 2.05) is 42.1 Å². The minimum absolute atomic E-state index is 0.569. The summed E-state index contributed by atoms with van der Waals surface area (Å²) >= 11 is 3.41. The zero-order chi connectivity index (χ0) is 12.3. The number of halogens is 1. The fourth-order valence-electron chi connectivity index (χ4n) is 1.61. The third-order valence-electron chi connectivity index (χ3n) is 2.55. The van der Waals surface area contributed by atoms with Crippen molar-refractivity contribution < 1.29 is 4.74 Å². The standard InChI is InChI=1S/C13H15BrN2O/c1-3-16-13(10(2)8-15-16)17-9-11-4-6-12(14)7-5-11/h4-8H,3,9H2,1-2H3. The van der Waals surface area contributed by atoms with Crippen molar-refractivity contribution in [2.75, 3.05) is 0 Å². The monoisotopic (exact) mass is 294 g/mol. The first-order valence-electron chi connectivity index (χ1n) is 5.60. The normalized spacial score (nSPS) is 10.5. The molecule has 0 saturated heterocycles. The second-order valence-corrected chi connectivity index (χ2v) is 4.78. The van der Waals surface area contributed by atoms with E-state index in [4.69, 9.17) is 4.74 Å². The van der Waals surface area contributed by atoms with Gasteiger partial charge in [0.25, 0.3) is 0 Å². The highest BCUT2D eigenvalue weighted by molar-refractivity contribution is 9.10. The van der Waals surface area contributed by atoms with Gasteiger partial charge < -0.3 is 4.74 Å². The number of hydrogen-bond acceptors (Lipinski definition) is 2. The molecule has 1 aromatic heterocycles. The Labute approximate surface area is 110 Å². The number of rotatable bonds is 4. The first kappa shape index (κ1) is 12.2. The molecular formula is C13H15BrN2O. The lowest BCUT2D eigenvalue weighted by molar-refractivity contribution is 0.272. The molecule has 3 nitrogen and oxygen atoms in total. The summed E-state index contributed by atoms with van der Waals surface area (Å²) in [5.41, 5.74) is 2.22. The maximum Gasteiger partial charge on any atom is 0.215 e. The van der Waals surface area contributed by atoms with Gasteiger partial charge in [0, 0.05) is 16.6 Å². The van der Waals surface area contributed by atoms with Crippen molar-refractivity contribution in [3.8, 4) is 5.88 Å². The van der Waals surface area contributed by atoms with Crippen LogP contribution in [0.2, 0.25) is 0 Å². The van der Waals surface area contributed by atoms with Crippen molar-refractivity contribution >= 4 is 15.9 Å². The van der Waals surface area contributed by atoms with Gasteiger partial charge in [0.15, 0.2) is 0 Å². The molecule has 0 saturated carbocycles. The van der Waals surface area contributed by atoms with E-state index in [0.29, 0.717) is 6.61 Å². The zero-order valence-corrected chi connectivity index (χ0v) is 11.6. The summed E-state index contributed by atoms with van der Waals surface area (Å²) in [6, 6.07) is 8.13. The molecule has 0 bridgehead atoms. The van der Waals surface area contributed by atoms with E-state index in [1.54, 1.807) is 0 Å². The summed E-state index contributed by atoms with van der Waals surface area (Å²) < 4.78 is 8.76. The molecule has 17 heavy (non-hydrogen) atoms. The van der Waals surface area contributed by atoms with Gasteiger partial charge >= 0.3 is 0 Å². The van der Waals surface area contributed by atoms with E-state index in [-0.39, 0.29) is 0 Å². The quantitative estimate of drug-likeness (QED) is 0.862. The van der Waals surface area contributed by atoms with Crippen molar-refractivity contribution in [1.29, 1.82) is 0 Å². The second kappa shape index (κ2) is 5.36. The minimum Gasteiger partial charge on any atom is -0.473 e. The first-order valence-corrected chi connectivity index (χ1v) is 6.39. The van der Waals surface area contributed by atoms with Crippen LogP contribution in [0.3, 0.4) is 0 Å². The molecular weight excluding hydrogens is 280 g/mol. The van der Waals surface area contributed by atoms with Gasteiger partial charge in [-0.3, -0.25) is 0 Å². The number of aromatic nitrogens is 2. The predicted molar refractivity (Wildman–Crippen MR) is 71.1 cm³/mol. The Kier molecular flexibility index (Phi) is 3.84. The SMILES string of the molecule is CCn1ncc(C)c1OCc1ccc(Br)cc1. The van der Waals surface area contributed by atoms with Gasteiger partial charge in [-0.1, -0.05) is 28.1 Å². The van der Waals surface area contributed by atoms with Crippen LogP contribution in [0, 0.1) is 6.92 Å². The highest BCUT2D eigenvalue weighted by Crippen LogP contribution is 2.19. The van der Waals surface area contributed by atoms with Crippen LogP contribution in [0.25, 0.3) is 0 Å². The highest BCUT2D eigenvalue weighted by atomic mass is 79.9. The van der Waals surface area contributed by atoms with Gasteiger partial charge in [-0.25, -0.2) is 4.68 Å².